The fourth-order valence-corrected chi connectivity index (χ4v) is 3.31. The Hall–Kier alpha value is -2.15. The summed E-state index contributed by atoms with van der Waals surface area (Å²) in [6.45, 7) is 7.79. The van der Waals surface area contributed by atoms with Crippen molar-refractivity contribution in [2.75, 3.05) is 4.72 Å². The molecule has 26 heavy (non-hydrogen) atoms. The van der Waals surface area contributed by atoms with Crippen molar-refractivity contribution in [2.24, 2.45) is 0 Å². The third-order valence-corrected chi connectivity index (χ3v) is 5.77. The van der Waals surface area contributed by atoms with Crippen molar-refractivity contribution in [3.63, 3.8) is 0 Å². The maximum atomic E-state index is 13.9. The summed E-state index contributed by atoms with van der Waals surface area (Å²) in [7, 11) is -2.29. The summed E-state index contributed by atoms with van der Waals surface area (Å²) >= 11 is 0. The SMILES string of the molecule is CC1(C)OB(c2cc(S(=O)Nc3ccc(C#N)cc3F)c[nH]2)OC1(C)C. The van der Waals surface area contributed by atoms with Gasteiger partial charge in [0.1, 0.15) is 5.82 Å². The zero-order chi connectivity index (χ0) is 19.1. The first-order valence-corrected chi connectivity index (χ1v) is 9.20. The molecule has 1 saturated heterocycles. The number of aromatic amines is 1. The molecule has 1 unspecified atom stereocenters. The molecule has 1 aromatic heterocycles. The van der Waals surface area contributed by atoms with Crippen LogP contribution in [0.3, 0.4) is 0 Å². The van der Waals surface area contributed by atoms with Crippen LogP contribution >= 0.6 is 0 Å². The van der Waals surface area contributed by atoms with Crippen LogP contribution in [0.2, 0.25) is 0 Å². The molecule has 2 heterocycles. The second kappa shape index (κ2) is 6.54. The summed E-state index contributed by atoms with van der Waals surface area (Å²) in [6, 6.07) is 7.44. The molecule has 0 radical (unpaired) electrons. The van der Waals surface area contributed by atoms with Gasteiger partial charge in [-0.25, -0.2) is 8.60 Å². The summed E-state index contributed by atoms with van der Waals surface area (Å²) in [5.74, 6) is -0.640. The van der Waals surface area contributed by atoms with E-state index in [-0.39, 0.29) is 11.3 Å². The number of nitriles is 1. The molecular weight excluding hydrogens is 356 g/mol. The molecule has 0 spiro atoms. The summed E-state index contributed by atoms with van der Waals surface area (Å²) in [5.41, 5.74) is -0.0730. The first-order valence-electron chi connectivity index (χ1n) is 8.05. The molecule has 1 aliphatic rings. The van der Waals surface area contributed by atoms with Crippen LogP contribution in [0, 0.1) is 17.1 Å². The second-order valence-electron chi connectivity index (χ2n) is 7.06. The van der Waals surface area contributed by atoms with E-state index in [4.69, 9.17) is 14.6 Å². The van der Waals surface area contributed by atoms with Gasteiger partial charge in [0.25, 0.3) is 0 Å². The molecule has 0 amide bonds. The summed E-state index contributed by atoms with van der Waals surface area (Å²) in [4.78, 5) is 3.43. The third kappa shape index (κ3) is 3.40. The minimum atomic E-state index is -1.69. The Bertz CT molecular complexity index is 891. The number of benzene rings is 1. The van der Waals surface area contributed by atoms with Gasteiger partial charge in [-0.05, 0) is 52.0 Å². The van der Waals surface area contributed by atoms with Crippen molar-refractivity contribution in [1.29, 1.82) is 5.26 Å². The topological polar surface area (TPSA) is 87.1 Å². The van der Waals surface area contributed by atoms with Gasteiger partial charge in [0, 0.05) is 11.8 Å². The number of nitrogens with one attached hydrogen (secondary N) is 2. The number of nitrogens with zero attached hydrogens (tertiary/aromatic N) is 1. The predicted octanol–water partition coefficient (Wildman–Crippen LogP) is 2.46. The molecule has 1 aliphatic heterocycles. The Morgan fingerprint density at radius 2 is 1.88 bits per heavy atom. The summed E-state index contributed by atoms with van der Waals surface area (Å²) in [6.07, 6.45) is 1.56. The number of hydrogen-bond acceptors (Lipinski definition) is 4. The Morgan fingerprint density at radius 3 is 2.46 bits per heavy atom. The second-order valence-corrected chi connectivity index (χ2v) is 8.27. The van der Waals surface area contributed by atoms with Gasteiger partial charge >= 0.3 is 7.12 Å². The number of anilines is 1. The van der Waals surface area contributed by atoms with E-state index in [2.05, 4.69) is 9.71 Å². The number of aromatic nitrogens is 1. The molecule has 1 aromatic carbocycles. The standard InChI is InChI=1S/C17H19BFN3O3S/c1-16(2)17(3,4)25-18(24-16)15-8-12(10-21-15)26(23)22-14-6-5-11(9-20)7-13(14)19/h5-8,10,21-22H,1-4H3. The van der Waals surface area contributed by atoms with E-state index >= 15 is 0 Å². The highest BCUT2D eigenvalue weighted by Crippen LogP contribution is 2.36. The largest absolute Gasteiger partial charge is 0.512 e. The molecule has 2 aromatic rings. The van der Waals surface area contributed by atoms with Gasteiger partial charge in [-0.3, -0.25) is 4.72 Å². The van der Waals surface area contributed by atoms with Crippen LogP contribution < -0.4 is 10.3 Å². The number of hydrogen-bond donors (Lipinski definition) is 2. The minimum absolute atomic E-state index is 0.0562. The third-order valence-electron chi connectivity index (χ3n) is 4.70. The Balaban J connectivity index is 1.74. The fraction of sp³-hybridized carbons (Fsp3) is 0.353. The van der Waals surface area contributed by atoms with Crippen molar-refractivity contribution < 1.29 is 17.9 Å². The summed E-state index contributed by atoms with van der Waals surface area (Å²) in [5, 5.41) is 8.77. The number of rotatable bonds is 4. The molecule has 9 heteroatoms. The van der Waals surface area contributed by atoms with Crippen molar-refractivity contribution in [3.05, 3.63) is 41.8 Å². The average Bonchev–Trinajstić information content (AvgIpc) is 3.12. The zero-order valence-electron chi connectivity index (χ0n) is 14.9. The molecule has 1 atom stereocenters. The highest BCUT2D eigenvalue weighted by atomic mass is 32.2. The lowest BCUT2D eigenvalue weighted by Gasteiger charge is -2.32. The Morgan fingerprint density at radius 1 is 1.23 bits per heavy atom. The molecule has 136 valence electrons. The lowest BCUT2D eigenvalue weighted by Crippen LogP contribution is -2.41. The maximum Gasteiger partial charge on any atom is 0.512 e. The van der Waals surface area contributed by atoms with Gasteiger partial charge in [-0.15, -0.1) is 0 Å². The molecule has 0 bridgehead atoms. The normalized spacial score (nSPS) is 19.2. The molecule has 0 saturated carbocycles. The number of H-pyrrole nitrogens is 1. The van der Waals surface area contributed by atoms with E-state index in [1.165, 1.54) is 12.1 Å². The van der Waals surface area contributed by atoms with Crippen LogP contribution in [0.5, 0.6) is 0 Å². The van der Waals surface area contributed by atoms with E-state index in [1.54, 1.807) is 12.3 Å². The van der Waals surface area contributed by atoms with Crippen molar-refractivity contribution >= 4 is 29.4 Å². The molecular formula is C17H19BFN3O3S. The zero-order valence-corrected chi connectivity index (χ0v) is 15.7. The van der Waals surface area contributed by atoms with Crippen LogP contribution in [0.25, 0.3) is 0 Å². The Labute approximate surface area is 154 Å². The first-order chi connectivity index (χ1) is 12.1. The molecule has 0 aliphatic carbocycles. The van der Waals surface area contributed by atoms with E-state index < -0.39 is 35.1 Å². The van der Waals surface area contributed by atoms with Crippen molar-refractivity contribution in [1.82, 2.24) is 4.98 Å². The van der Waals surface area contributed by atoms with Gasteiger partial charge in [0.15, 0.2) is 11.0 Å². The van der Waals surface area contributed by atoms with E-state index in [9.17, 15) is 8.60 Å². The van der Waals surface area contributed by atoms with Gasteiger partial charge < -0.3 is 14.3 Å². The lowest BCUT2D eigenvalue weighted by atomic mass is 9.85. The average molecular weight is 375 g/mol. The van der Waals surface area contributed by atoms with Crippen LogP contribution in [-0.4, -0.2) is 27.5 Å². The van der Waals surface area contributed by atoms with E-state index in [0.29, 0.717) is 10.5 Å². The van der Waals surface area contributed by atoms with Crippen molar-refractivity contribution in [3.8, 4) is 6.07 Å². The predicted molar refractivity (Wildman–Crippen MR) is 97.7 cm³/mol. The van der Waals surface area contributed by atoms with Gasteiger partial charge in [-0.1, -0.05) is 0 Å². The Kier molecular flexibility index (Phi) is 4.69. The van der Waals surface area contributed by atoms with Crippen LogP contribution in [-0.2, 0) is 20.3 Å². The molecule has 1 fully saturated rings. The lowest BCUT2D eigenvalue weighted by molar-refractivity contribution is 0.00578. The molecule has 2 N–H and O–H groups in total. The van der Waals surface area contributed by atoms with Crippen molar-refractivity contribution in [2.45, 2.75) is 43.8 Å². The highest BCUT2D eigenvalue weighted by molar-refractivity contribution is 7.86. The van der Waals surface area contributed by atoms with Gasteiger partial charge in [0.2, 0.25) is 0 Å². The highest BCUT2D eigenvalue weighted by Gasteiger charge is 2.52. The van der Waals surface area contributed by atoms with E-state index in [1.807, 2.05) is 33.8 Å². The van der Waals surface area contributed by atoms with Crippen LogP contribution in [0.15, 0.2) is 35.4 Å². The minimum Gasteiger partial charge on any atom is -0.398 e. The van der Waals surface area contributed by atoms with Gasteiger partial charge in [0.05, 0.1) is 33.4 Å². The molecule has 6 nitrogen and oxygen atoms in total. The first kappa shape index (κ1) is 18.6. The van der Waals surface area contributed by atoms with Crippen LogP contribution in [0.4, 0.5) is 10.1 Å². The monoisotopic (exact) mass is 375 g/mol. The van der Waals surface area contributed by atoms with Crippen LogP contribution in [0.1, 0.15) is 33.3 Å². The van der Waals surface area contributed by atoms with E-state index in [0.717, 1.165) is 6.07 Å². The quantitative estimate of drug-likeness (QED) is 0.804. The summed E-state index contributed by atoms with van der Waals surface area (Å²) < 4.78 is 40.9. The maximum absolute atomic E-state index is 13.9. The number of halogens is 1. The smallest absolute Gasteiger partial charge is 0.398 e. The van der Waals surface area contributed by atoms with Gasteiger partial charge in [-0.2, -0.15) is 5.26 Å². The molecule has 3 rings (SSSR count). The fourth-order valence-electron chi connectivity index (χ4n) is 2.43.